The van der Waals surface area contributed by atoms with E-state index in [1.165, 1.54) is 7.11 Å². The van der Waals surface area contributed by atoms with Gasteiger partial charge < -0.3 is 9.84 Å². The SMILES string of the molecule is COC(O)c1ccc(C(=S)Nn2c(C)cnc2C)cc1. The summed E-state index contributed by atoms with van der Waals surface area (Å²) in [6, 6.07) is 7.25. The van der Waals surface area contributed by atoms with Crippen molar-refractivity contribution in [2.75, 3.05) is 12.5 Å². The molecule has 1 unspecified atom stereocenters. The Kier molecular flexibility index (Phi) is 4.49. The van der Waals surface area contributed by atoms with Crippen LogP contribution in [-0.2, 0) is 4.74 Å². The number of hydrogen-bond acceptors (Lipinski definition) is 4. The van der Waals surface area contributed by atoms with Crippen molar-refractivity contribution in [2.45, 2.75) is 20.1 Å². The van der Waals surface area contributed by atoms with Crippen LogP contribution in [0.3, 0.4) is 0 Å². The molecule has 5 nitrogen and oxygen atoms in total. The number of aliphatic hydroxyl groups is 1. The normalized spacial score (nSPS) is 12.2. The van der Waals surface area contributed by atoms with Gasteiger partial charge in [-0.1, -0.05) is 36.5 Å². The third kappa shape index (κ3) is 3.04. The van der Waals surface area contributed by atoms with E-state index in [4.69, 9.17) is 17.0 Å². The zero-order valence-corrected chi connectivity index (χ0v) is 12.4. The standard InChI is InChI=1S/C14H17N3O2S/c1-9-8-15-10(2)17(9)16-13(20)11-4-6-12(7-5-11)14(18)19-3/h4-8,14,18H,1-3H3,(H,16,20). The molecule has 2 rings (SSSR count). The Hall–Kier alpha value is -1.76. The molecule has 0 aliphatic rings. The van der Waals surface area contributed by atoms with Crippen LogP contribution >= 0.6 is 12.2 Å². The first-order chi connectivity index (χ1) is 9.52. The van der Waals surface area contributed by atoms with Crippen molar-refractivity contribution in [3.8, 4) is 0 Å². The summed E-state index contributed by atoms with van der Waals surface area (Å²) in [5.74, 6) is 0.844. The van der Waals surface area contributed by atoms with Gasteiger partial charge in [-0.3, -0.25) is 5.43 Å². The minimum atomic E-state index is -0.913. The summed E-state index contributed by atoms with van der Waals surface area (Å²) in [5.41, 5.74) is 5.66. The molecule has 0 radical (unpaired) electrons. The van der Waals surface area contributed by atoms with Gasteiger partial charge in [0.2, 0.25) is 0 Å². The van der Waals surface area contributed by atoms with E-state index in [0.717, 1.165) is 17.1 Å². The van der Waals surface area contributed by atoms with E-state index in [0.29, 0.717) is 10.6 Å². The number of aliphatic hydroxyl groups excluding tert-OH is 1. The van der Waals surface area contributed by atoms with E-state index in [2.05, 4.69) is 10.4 Å². The molecule has 2 aromatic rings. The minimum absolute atomic E-state index is 0.590. The van der Waals surface area contributed by atoms with Gasteiger partial charge in [0.1, 0.15) is 10.8 Å². The average Bonchev–Trinajstić information content (AvgIpc) is 2.78. The van der Waals surface area contributed by atoms with Crippen LogP contribution in [0.2, 0.25) is 0 Å². The lowest BCUT2D eigenvalue weighted by molar-refractivity contribution is -0.0769. The highest BCUT2D eigenvalue weighted by atomic mass is 32.1. The second-order valence-corrected chi connectivity index (χ2v) is 4.84. The maximum absolute atomic E-state index is 9.56. The lowest BCUT2D eigenvalue weighted by Crippen LogP contribution is -2.24. The van der Waals surface area contributed by atoms with Gasteiger partial charge in [-0.05, 0) is 13.8 Å². The van der Waals surface area contributed by atoms with E-state index in [1.807, 2.05) is 30.7 Å². The number of imidazole rings is 1. The second kappa shape index (κ2) is 6.13. The highest BCUT2D eigenvalue weighted by Gasteiger charge is 2.08. The summed E-state index contributed by atoms with van der Waals surface area (Å²) in [6.07, 6.45) is 0.868. The van der Waals surface area contributed by atoms with Crippen molar-refractivity contribution in [3.63, 3.8) is 0 Å². The highest BCUT2D eigenvalue weighted by Crippen LogP contribution is 2.14. The molecule has 0 fully saturated rings. The van der Waals surface area contributed by atoms with E-state index in [-0.39, 0.29) is 0 Å². The quantitative estimate of drug-likeness (QED) is 0.667. The van der Waals surface area contributed by atoms with Gasteiger partial charge in [-0.25, -0.2) is 9.66 Å². The monoisotopic (exact) mass is 291 g/mol. The van der Waals surface area contributed by atoms with Gasteiger partial charge in [0.05, 0.1) is 11.9 Å². The van der Waals surface area contributed by atoms with Gasteiger partial charge in [-0.2, -0.15) is 0 Å². The predicted octanol–water partition coefficient (Wildman–Crippen LogP) is 2.06. The molecule has 0 spiro atoms. The smallest absolute Gasteiger partial charge is 0.180 e. The fourth-order valence-electron chi connectivity index (χ4n) is 1.83. The van der Waals surface area contributed by atoms with Crippen LogP contribution in [0.1, 0.15) is 28.9 Å². The first-order valence-corrected chi connectivity index (χ1v) is 6.57. The summed E-state index contributed by atoms with van der Waals surface area (Å²) in [5, 5.41) is 9.56. The Morgan fingerprint density at radius 3 is 2.50 bits per heavy atom. The molecule has 0 aliphatic carbocycles. The molecular formula is C14H17N3O2S. The summed E-state index contributed by atoms with van der Waals surface area (Å²) in [4.78, 5) is 4.79. The molecule has 106 valence electrons. The maximum Gasteiger partial charge on any atom is 0.180 e. The minimum Gasteiger partial charge on any atom is -0.364 e. The maximum atomic E-state index is 9.56. The number of hydrogen-bond donors (Lipinski definition) is 2. The first kappa shape index (κ1) is 14.6. The first-order valence-electron chi connectivity index (χ1n) is 6.16. The fraction of sp³-hybridized carbons (Fsp3) is 0.286. The van der Waals surface area contributed by atoms with Crippen LogP contribution in [0, 0.1) is 13.8 Å². The van der Waals surface area contributed by atoms with Crippen molar-refractivity contribution >= 4 is 17.2 Å². The Bertz CT molecular complexity index is 588. The summed E-state index contributed by atoms with van der Waals surface area (Å²) < 4.78 is 6.68. The Morgan fingerprint density at radius 1 is 1.35 bits per heavy atom. The molecule has 1 atom stereocenters. The zero-order valence-electron chi connectivity index (χ0n) is 11.6. The number of thiocarbonyl (C=S) groups is 1. The van der Waals surface area contributed by atoms with E-state index < -0.39 is 6.29 Å². The largest absolute Gasteiger partial charge is 0.364 e. The number of nitrogens with one attached hydrogen (secondary N) is 1. The van der Waals surface area contributed by atoms with Crippen LogP contribution in [0.5, 0.6) is 0 Å². The number of benzene rings is 1. The Balaban J connectivity index is 2.14. The van der Waals surface area contributed by atoms with Crippen molar-refractivity contribution in [1.29, 1.82) is 0 Å². The van der Waals surface area contributed by atoms with Crippen molar-refractivity contribution in [1.82, 2.24) is 9.66 Å². The van der Waals surface area contributed by atoms with Crippen LogP contribution in [0.15, 0.2) is 30.5 Å². The van der Waals surface area contributed by atoms with Gasteiger partial charge >= 0.3 is 0 Å². The number of nitrogens with zero attached hydrogens (tertiary/aromatic N) is 2. The second-order valence-electron chi connectivity index (χ2n) is 4.43. The number of aryl methyl sites for hydroxylation is 2. The van der Waals surface area contributed by atoms with E-state index >= 15 is 0 Å². The predicted molar refractivity (Wildman–Crippen MR) is 81.2 cm³/mol. The van der Waals surface area contributed by atoms with Crippen LogP contribution in [0.25, 0.3) is 0 Å². The van der Waals surface area contributed by atoms with Crippen molar-refractivity contribution in [3.05, 3.63) is 53.1 Å². The van der Waals surface area contributed by atoms with Gasteiger partial charge in [-0.15, -0.1) is 0 Å². The lowest BCUT2D eigenvalue weighted by atomic mass is 10.1. The molecule has 1 heterocycles. The lowest BCUT2D eigenvalue weighted by Gasteiger charge is -2.13. The average molecular weight is 291 g/mol. The number of methoxy groups -OCH3 is 1. The number of rotatable bonds is 4. The fourth-order valence-corrected chi connectivity index (χ4v) is 2.06. The van der Waals surface area contributed by atoms with Crippen molar-refractivity contribution < 1.29 is 9.84 Å². The molecule has 1 aromatic heterocycles. The Morgan fingerprint density at radius 2 is 2.00 bits per heavy atom. The highest BCUT2D eigenvalue weighted by molar-refractivity contribution is 7.81. The molecule has 2 N–H and O–H groups in total. The molecule has 0 saturated heterocycles. The molecule has 6 heteroatoms. The topological polar surface area (TPSA) is 59.3 Å². The molecule has 0 saturated carbocycles. The summed E-state index contributed by atoms with van der Waals surface area (Å²) in [6.45, 7) is 3.86. The van der Waals surface area contributed by atoms with Crippen LogP contribution in [0.4, 0.5) is 0 Å². The zero-order chi connectivity index (χ0) is 14.7. The van der Waals surface area contributed by atoms with E-state index in [1.54, 1.807) is 18.3 Å². The van der Waals surface area contributed by atoms with Crippen LogP contribution in [-0.4, -0.2) is 26.9 Å². The molecule has 0 bridgehead atoms. The third-order valence-corrected chi connectivity index (χ3v) is 3.34. The summed E-state index contributed by atoms with van der Waals surface area (Å²) in [7, 11) is 1.45. The number of aromatic nitrogens is 2. The van der Waals surface area contributed by atoms with Crippen molar-refractivity contribution in [2.24, 2.45) is 0 Å². The molecule has 0 amide bonds. The molecule has 20 heavy (non-hydrogen) atoms. The molecule has 0 aliphatic heterocycles. The van der Waals surface area contributed by atoms with Crippen LogP contribution < -0.4 is 5.43 Å². The summed E-state index contributed by atoms with van der Waals surface area (Å²) >= 11 is 5.37. The van der Waals surface area contributed by atoms with Gasteiger partial charge in [0.25, 0.3) is 0 Å². The van der Waals surface area contributed by atoms with E-state index in [9.17, 15) is 5.11 Å². The van der Waals surface area contributed by atoms with Gasteiger partial charge in [0.15, 0.2) is 6.29 Å². The third-order valence-electron chi connectivity index (χ3n) is 3.01. The van der Waals surface area contributed by atoms with Gasteiger partial charge in [0, 0.05) is 18.2 Å². The number of ether oxygens (including phenoxy) is 1. The Labute approximate surface area is 123 Å². The molecular weight excluding hydrogens is 274 g/mol. The molecule has 1 aromatic carbocycles.